The molecule has 0 spiro atoms. The second kappa shape index (κ2) is 8.31. The van der Waals surface area contributed by atoms with Crippen molar-refractivity contribution < 1.29 is 13.2 Å². The third kappa shape index (κ3) is 4.08. The summed E-state index contributed by atoms with van der Waals surface area (Å²) in [5, 5.41) is 13.9. The summed E-state index contributed by atoms with van der Waals surface area (Å²) in [5.74, 6) is 1.13. The summed E-state index contributed by atoms with van der Waals surface area (Å²) in [6.07, 6.45) is 1.36. The summed E-state index contributed by atoms with van der Waals surface area (Å²) >= 11 is 0. The molecule has 1 saturated heterocycles. The number of halogens is 3. The van der Waals surface area contributed by atoms with Crippen molar-refractivity contribution >= 4 is 23.4 Å². The zero-order chi connectivity index (χ0) is 22.1. The third-order valence-electron chi connectivity index (χ3n) is 5.79. The van der Waals surface area contributed by atoms with E-state index in [2.05, 4.69) is 36.8 Å². The van der Waals surface area contributed by atoms with Crippen LogP contribution in [0.1, 0.15) is 23.2 Å². The van der Waals surface area contributed by atoms with Gasteiger partial charge in [0.25, 0.3) is 0 Å². The highest BCUT2D eigenvalue weighted by Gasteiger charge is 2.34. The van der Waals surface area contributed by atoms with E-state index in [0.29, 0.717) is 11.6 Å². The number of pyridine rings is 1. The standard InChI is InChI=1S/C23H23F3N6/c24-23(25,26)18-7-3-1-5-16(18)20-13-15(32-11-9-27-10-12-32)14-21(28-20)29-22-17-6-2-4-8-19(17)30-31-22/h1,3-5,7-8,13-14,27H,2,6,9-12H2,(H2,28,29,30,31). The minimum atomic E-state index is -4.47. The molecular formula is C23H23F3N6. The van der Waals surface area contributed by atoms with Crippen molar-refractivity contribution in [3.05, 3.63) is 59.3 Å². The number of hydrogen-bond donors (Lipinski definition) is 3. The number of H-pyrrole nitrogens is 1. The van der Waals surface area contributed by atoms with Crippen LogP contribution in [0, 0.1) is 0 Å². The van der Waals surface area contributed by atoms with Gasteiger partial charge in [0.15, 0.2) is 5.82 Å². The monoisotopic (exact) mass is 440 g/mol. The number of aromatic nitrogens is 3. The van der Waals surface area contributed by atoms with Gasteiger partial charge < -0.3 is 15.5 Å². The number of alkyl halides is 3. The Morgan fingerprint density at radius 2 is 1.88 bits per heavy atom. The molecule has 0 amide bonds. The van der Waals surface area contributed by atoms with Gasteiger partial charge in [0.05, 0.1) is 17.0 Å². The molecule has 1 aliphatic heterocycles. The van der Waals surface area contributed by atoms with E-state index in [0.717, 1.165) is 62.0 Å². The van der Waals surface area contributed by atoms with Gasteiger partial charge in [-0.05, 0) is 31.1 Å². The fourth-order valence-electron chi connectivity index (χ4n) is 4.20. The summed E-state index contributed by atoms with van der Waals surface area (Å²) in [6, 6.07) is 9.19. The number of benzene rings is 1. The predicted molar refractivity (Wildman–Crippen MR) is 119 cm³/mol. The normalized spacial score (nSPS) is 16.2. The minimum absolute atomic E-state index is 0.0621. The van der Waals surface area contributed by atoms with Crippen LogP contribution in [0.5, 0.6) is 0 Å². The van der Waals surface area contributed by atoms with Crippen LogP contribution in [-0.2, 0) is 12.6 Å². The van der Waals surface area contributed by atoms with E-state index in [1.807, 2.05) is 12.1 Å². The number of hydrogen-bond acceptors (Lipinski definition) is 5. The first-order valence-corrected chi connectivity index (χ1v) is 10.6. The summed E-state index contributed by atoms with van der Waals surface area (Å²) in [7, 11) is 0. The largest absolute Gasteiger partial charge is 0.417 e. The minimum Gasteiger partial charge on any atom is -0.369 e. The highest BCUT2D eigenvalue weighted by atomic mass is 19.4. The Hall–Kier alpha value is -3.33. The van der Waals surface area contributed by atoms with Gasteiger partial charge in [0, 0.05) is 49.1 Å². The second-order valence-corrected chi connectivity index (χ2v) is 7.91. The van der Waals surface area contributed by atoms with Gasteiger partial charge in [0.2, 0.25) is 0 Å². The number of rotatable bonds is 4. The fourth-order valence-corrected chi connectivity index (χ4v) is 4.20. The van der Waals surface area contributed by atoms with Gasteiger partial charge in [-0.15, -0.1) is 0 Å². The molecule has 0 saturated carbocycles. The van der Waals surface area contributed by atoms with E-state index in [4.69, 9.17) is 0 Å². The highest BCUT2D eigenvalue weighted by molar-refractivity contribution is 5.74. The lowest BCUT2D eigenvalue weighted by molar-refractivity contribution is -0.137. The first kappa shape index (κ1) is 20.6. The van der Waals surface area contributed by atoms with Crippen molar-refractivity contribution in [1.29, 1.82) is 0 Å². The van der Waals surface area contributed by atoms with E-state index in [-0.39, 0.29) is 11.3 Å². The van der Waals surface area contributed by atoms with E-state index in [1.165, 1.54) is 12.1 Å². The molecule has 9 heteroatoms. The first-order chi connectivity index (χ1) is 15.5. The molecule has 166 valence electrons. The molecule has 0 radical (unpaired) electrons. The van der Waals surface area contributed by atoms with Crippen molar-refractivity contribution in [1.82, 2.24) is 20.5 Å². The second-order valence-electron chi connectivity index (χ2n) is 7.91. The Morgan fingerprint density at radius 1 is 1.06 bits per heavy atom. The number of allylic oxidation sites excluding steroid dienone is 1. The predicted octanol–water partition coefficient (Wildman–Crippen LogP) is 4.60. The quantitative estimate of drug-likeness (QED) is 0.553. The smallest absolute Gasteiger partial charge is 0.369 e. The molecule has 32 heavy (non-hydrogen) atoms. The van der Waals surface area contributed by atoms with Crippen LogP contribution in [0.25, 0.3) is 17.3 Å². The van der Waals surface area contributed by atoms with E-state index < -0.39 is 11.7 Å². The van der Waals surface area contributed by atoms with Crippen molar-refractivity contribution in [2.75, 3.05) is 36.4 Å². The van der Waals surface area contributed by atoms with Crippen LogP contribution in [0.4, 0.5) is 30.5 Å². The number of piperazine rings is 1. The molecule has 5 rings (SSSR count). The highest BCUT2D eigenvalue weighted by Crippen LogP contribution is 2.38. The first-order valence-electron chi connectivity index (χ1n) is 10.6. The zero-order valence-electron chi connectivity index (χ0n) is 17.3. The molecule has 3 N–H and O–H groups in total. The summed E-state index contributed by atoms with van der Waals surface area (Å²) in [4.78, 5) is 6.73. The Bertz CT molecular complexity index is 1140. The third-order valence-corrected chi connectivity index (χ3v) is 5.79. The average molecular weight is 440 g/mol. The molecule has 3 heterocycles. The number of aromatic amines is 1. The van der Waals surface area contributed by atoms with Gasteiger partial charge in [-0.1, -0.05) is 24.3 Å². The summed E-state index contributed by atoms with van der Waals surface area (Å²) in [5.41, 5.74) is 2.48. The van der Waals surface area contributed by atoms with Crippen LogP contribution in [0.2, 0.25) is 0 Å². The van der Waals surface area contributed by atoms with Gasteiger partial charge in [-0.25, -0.2) is 4.98 Å². The van der Waals surface area contributed by atoms with Crippen LogP contribution >= 0.6 is 0 Å². The Balaban J connectivity index is 1.59. The molecule has 3 aromatic rings. The van der Waals surface area contributed by atoms with Crippen molar-refractivity contribution in [3.8, 4) is 11.3 Å². The Kier molecular flexibility index (Phi) is 5.34. The summed E-state index contributed by atoms with van der Waals surface area (Å²) < 4.78 is 41.1. The molecule has 6 nitrogen and oxygen atoms in total. The lowest BCUT2D eigenvalue weighted by atomic mass is 10.0. The topological polar surface area (TPSA) is 68.9 Å². The lowest BCUT2D eigenvalue weighted by Gasteiger charge is -2.30. The van der Waals surface area contributed by atoms with Crippen molar-refractivity contribution in [2.45, 2.75) is 19.0 Å². The molecule has 1 aliphatic carbocycles. The van der Waals surface area contributed by atoms with Crippen molar-refractivity contribution in [3.63, 3.8) is 0 Å². The van der Waals surface area contributed by atoms with Gasteiger partial charge in [-0.3, -0.25) is 5.10 Å². The van der Waals surface area contributed by atoms with Crippen molar-refractivity contribution in [2.24, 2.45) is 0 Å². The van der Waals surface area contributed by atoms with Crippen LogP contribution in [0.3, 0.4) is 0 Å². The maximum atomic E-state index is 13.7. The molecule has 0 bridgehead atoms. The molecular weight excluding hydrogens is 417 g/mol. The Morgan fingerprint density at radius 3 is 2.69 bits per heavy atom. The molecule has 0 atom stereocenters. The zero-order valence-corrected chi connectivity index (χ0v) is 17.3. The number of fused-ring (bicyclic) bond motifs is 1. The number of nitrogens with one attached hydrogen (secondary N) is 3. The molecule has 1 fully saturated rings. The number of anilines is 3. The van der Waals surface area contributed by atoms with Gasteiger partial charge in [-0.2, -0.15) is 18.3 Å². The van der Waals surface area contributed by atoms with Crippen LogP contribution in [-0.4, -0.2) is 41.4 Å². The maximum Gasteiger partial charge on any atom is 0.417 e. The van der Waals surface area contributed by atoms with Crippen LogP contribution < -0.4 is 15.5 Å². The van der Waals surface area contributed by atoms with E-state index >= 15 is 0 Å². The average Bonchev–Trinajstić information content (AvgIpc) is 3.22. The molecule has 2 aromatic heterocycles. The van der Waals surface area contributed by atoms with E-state index in [9.17, 15) is 13.2 Å². The maximum absolute atomic E-state index is 13.7. The van der Waals surface area contributed by atoms with Gasteiger partial charge >= 0.3 is 6.18 Å². The van der Waals surface area contributed by atoms with Crippen LogP contribution in [0.15, 0.2) is 42.5 Å². The fraction of sp³-hybridized carbons (Fsp3) is 0.304. The Labute approximate surface area is 183 Å². The lowest BCUT2D eigenvalue weighted by Crippen LogP contribution is -2.43. The molecule has 2 aliphatic rings. The summed E-state index contributed by atoms with van der Waals surface area (Å²) in [6.45, 7) is 3.18. The molecule has 1 aromatic carbocycles. The number of nitrogens with zero attached hydrogens (tertiary/aromatic N) is 3. The van der Waals surface area contributed by atoms with E-state index in [1.54, 1.807) is 12.1 Å². The SMILES string of the molecule is FC(F)(F)c1ccccc1-c1cc(N2CCNCC2)cc(Nc2n[nH]c3c2CCC=C3)n1. The molecule has 0 unspecified atom stereocenters. The van der Waals surface area contributed by atoms with Gasteiger partial charge in [0.1, 0.15) is 5.82 Å².